The van der Waals surface area contributed by atoms with Crippen molar-refractivity contribution in [2.24, 2.45) is 7.05 Å². The molecule has 0 unspecified atom stereocenters. The molecule has 0 aliphatic heterocycles. The van der Waals surface area contributed by atoms with E-state index < -0.39 is 0 Å². The van der Waals surface area contributed by atoms with E-state index in [2.05, 4.69) is 6.92 Å². The van der Waals surface area contributed by atoms with Crippen LogP contribution in [0, 0.1) is 0 Å². The average molecular weight is 170 g/mol. The summed E-state index contributed by atoms with van der Waals surface area (Å²) in [6, 6.07) is 0. The highest BCUT2D eigenvalue weighted by atomic mass is 16.3. The third-order valence-electron chi connectivity index (χ3n) is 1.90. The molecule has 0 saturated carbocycles. The lowest BCUT2D eigenvalue weighted by Gasteiger charge is -1.96. The summed E-state index contributed by atoms with van der Waals surface area (Å²) < 4.78 is 2.76. The van der Waals surface area contributed by atoms with Crippen molar-refractivity contribution in [3.05, 3.63) is 16.7 Å². The molecule has 4 heteroatoms. The van der Waals surface area contributed by atoms with Crippen LogP contribution in [0.5, 0.6) is 5.88 Å². The average Bonchev–Trinajstić information content (AvgIpc) is 2.30. The van der Waals surface area contributed by atoms with Gasteiger partial charge in [-0.15, -0.1) is 0 Å². The molecule has 68 valence electrons. The summed E-state index contributed by atoms with van der Waals surface area (Å²) in [5.74, 6) is 0.0242. The van der Waals surface area contributed by atoms with Gasteiger partial charge < -0.3 is 5.11 Å². The van der Waals surface area contributed by atoms with Gasteiger partial charge in [0.2, 0.25) is 5.88 Å². The number of nitrogens with zero attached hydrogens (tertiary/aromatic N) is 2. The Hall–Kier alpha value is -1.19. The third kappa shape index (κ3) is 1.52. The fraction of sp³-hybridized carbons (Fsp3) is 0.625. The maximum atomic E-state index is 11.3. The first kappa shape index (κ1) is 8.90. The zero-order valence-corrected chi connectivity index (χ0v) is 7.45. The first-order valence-corrected chi connectivity index (χ1v) is 4.12. The molecule has 0 bridgehead atoms. The smallest absolute Gasteiger partial charge is 0.330 e. The van der Waals surface area contributed by atoms with E-state index in [0.717, 1.165) is 12.8 Å². The fourth-order valence-corrected chi connectivity index (χ4v) is 1.06. The Kier molecular flexibility index (Phi) is 2.58. The van der Waals surface area contributed by atoms with Crippen molar-refractivity contribution in [3.8, 4) is 5.88 Å². The molecule has 1 aromatic rings. The molecule has 12 heavy (non-hydrogen) atoms. The van der Waals surface area contributed by atoms with E-state index in [1.54, 1.807) is 7.05 Å². The lowest BCUT2D eigenvalue weighted by atomic mass is 10.3. The molecule has 0 aromatic carbocycles. The fourth-order valence-electron chi connectivity index (χ4n) is 1.06. The van der Waals surface area contributed by atoms with E-state index >= 15 is 0 Å². The van der Waals surface area contributed by atoms with Gasteiger partial charge in [-0.1, -0.05) is 13.3 Å². The standard InChI is InChI=1S/C8H14N2O2/c1-3-4-5-10-6-7(11)9(2)8(10)12/h6,11H,3-5H2,1-2H3. The third-order valence-corrected chi connectivity index (χ3v) is 1.90. The zero-order chi connectivity index (χ0) is 9.14. The molecule has 0 spiro atoms. The Morgan fingerprint density at radius 1 is 1.58 bits per heavy atom. The van der Waals surface area contributed by atoms with E-state index in [1.165, 1.54) is 15.3 Å². The van der Waals surface area contributed by atoms with Crippen molar-refractivity contribution >= 4 is 0 Å². The molecular formula is C8H14N2O2. The summed E-state index contributed by atoms with van der Waals surface area (Å²) in [5, 5.41) is 9.16. The highest BCUT2D eigenvalue weighted by molar-refractivity contribution is 5.03. The van der Waals surface area contributed by atoms with E-state index in [9.17, 15) is 4.79 Å². The van der Waals surface area contributed by atoms with Gasteiger partial charge in [0.1, 0.15) is 0 Å². The summed E-state index contributed by atoms with van der Waals surface area (Å²) in [7, 11) is 1.56. The van der Waals surface area contributed by atoms with E-state index in [-0.39, 0.29) is 11.6 Å². The molecule has 0 amide bonds. The van der Waals surface area contributed by atoms with Gasteiger partial charge in [0, 0.05) is 13.6 Å². The topological polar surface area (TPSA) is 47.2 Å². The molecule has 1 rings (SSSR count). The molecule has 0 aliphatic rings. The van der Waals surface area contributed by atoms with Crippen LogP contribution in [-0.2, 0) is 13.6 Å². The first-order valence-electron chi connectivity index (χ1n) is 4.12. The molecule has 1 N–H and O–H groups in total. The molecule has 1 heterocycles. The summed E-state index contributed by atoms with van der Waals surface area (Å²) in [5.41, 5.74) is -0.152. The predicted molar refractivity (Wildman–Crippen MR) is 46.2 cm³/mol. The maximum Gasteiger partial charge on any atom is 0.330 e. The monoisotopic (exact) mass is 170 g/mol. The summed E-state index contributed by atoms with van der Waals surface area (Å²) in [6.45, 7) is 2.75. The van der Waals surface area contributed by atoms with Gasteiger partial charge >= 0.3 is 5.69 Å². The second-order valence-corrected chi connectivity index (χ2v) is 2.88. The molecule has 0 saturated heterocycles. The number of aryl methyl sites for hydroxylation is 1. The van der Waals surface area contributed by atoms with E-state index in [1.807, 2.05) is 0 Å². The van der Waals surface area contributed by atoms with Crippen LogP contribution < -0.4 is 5.69 Å². The van der Waals surface area contributed by atoms with Crippen LogP contribution >= 0.6 is 0 Å². The van der Waals surface area contributed by atoms with Gasteiger partial charge in [-0.05, 0) is 6.42 Å². The van der Waals surface area contributed by atoms with Crippen molar-refractivity contribution in [2.45, 2.75) is 26.3 Å². The van der Waals surface area contributed by atoms with Crippen LogP contribution in [0.4, 0.5) is 0 Å². The number of imidazole rings is 1. The van der Waals surface area contributed by atoms with Gasteiger partial charge in [0.15, 0.2) is 0 Å². The van der Waals surface area contributed by atoms with Crippen LogP contribution in [0.2, 0.25) is 0 Å². The first-order chi connectivity index (χ1) is 5.66. The largest absolute Gasteiger partial charge is 0.493 e. The Labute approximate surface area is 71.1 Å². The van der Waals surface area contributed by atoms with Gasteiger partial charge in [-0.25, -0.2) is 4.79 Å². The lowest BCUT2D eigenvalue weighted by molar-refractivity contribution is 0.429. The van der Waals surface area contributed by atoms with Crippen molar-refractivity contribution in [3.63, 3.8) is 0 Å². The summed E-state index contributed by atoms with van der Waals surface area (Å²) >= 11 is 0. The van der Waals surface area contributed by atoms with Crippen molar-refractivity contribution in [1.82, 2.24) is 9.13 Å². The normalized spacial score (nSPS) is 10.5. The number of aromatic hydroxyl groups is 1. The van der Waals surface area contributed by atoms with Crippen LogP contribution in [0.1, 0.15) is 19.8 Å². The number of aromatic nitrogens is 2. The van der Waals surface area contributed by atoms with Crippen LogP contribution in [0.25, 0.3) is 0 Å². The second kappa shape index (κ2) is 3.47. The minimum absolute atomic E-state index is 0.0242. The van der Waals surface area contributed by atoms with Crippen LogP contribution in [-0.4, -0.2) is 14.2 Å². The predicted octanol–water partition coefficient (Wildman–Crippen LogP) is 0.692. The van der Waals surface area contributed by atoms with Crippen molar-refractivity contribution in [2.75, 3.05) is 0 Å². The highest BCUT2D eigenvalue weighted by Gasteiger charge is 2.04. The Morgan fingerprint density at radius 2 is 2.25 bits per heavy atom. The van der Waals surface area contributed by atoms with Gasteiger partial charge in [-0.3, -0.25) is 9.13 Å². The van der Waals surface area contributed by atoms with Crippen molar-refractivity contribution < 1.29 is 5.11 Å². The van der Waals surface area contributed by atoms with Crippen molar-refractivity contribution in [1.29, 1.82) is 0 Å². The molecule has 0 fully saturated rings. The van der Waals surface area contributed by atoms with Gasteiger partial charge in [-0.2, -0.15) is 0 Å². The van der Waals surface area contributed by atoms with Gasteiger partial charge in [0.25, 0.3) is 0 Å². The summed E-state index contributed by atoms with van der Waals surface area (Å²) in [4.78, 5) is 11.3. The minimum Gasteiger partial charge on any atom is -0.493 e. The quantitative estimate of drug-likeness (QED) is 0.725. The number of hydrogen-bond acceptors (Lipinski definition) is 2. The molecule has 0 atom stereocenters. The highest BCUT2D eigenvalue weighted by Crippen LogP contribution is 2.03. The number of rotatable bonds is 3. The SMILES string of the molecule is CCCCn1cc(O)n(C)c1=O. The Bertz CT molecular complexity index is 311. The lowest BCUT2D eigenvalue weighted by Crippen LogP contribution is -2.21. The Morgan fingerprint density at radius 3 is 2.67 bits per heavy atom. The van der Waals surface area contributed by atoms with Gasteiger partial charge in [0.05, 0.1) is 6.20 Å². The number of unbranched alkanes of at least 4 members (excludes halogenated alkanes) is 1. The van der Waals surface area contributed by atoms with E-state index in [0.29, 0.717) is 6.54 Å². The summed E-state index contributed by atoms with van der Waals surface area (Å²) in [6.07, 6.45) is 3.48. The molecular weight excluding hydrogens is 156 g/mol. The minimum atomic E-state index is -0.152. The Balaban J connectivity index is 2.87. The van der Waals surface area contributed by atoms with E-state index in [4.69, 9.17) is 5.11 Å². The molecule has 0 radical (unpaired) electrons. The van der Waals surface area contributed by atoms with Crippen LogP contribution in [0.3, 0.4) is 0 Å². The maximum absolute atomic E-state index is 11.3. The zero-order valence-electron chi connectivity index (χ0n) is 7.45. The molecule has 1 aromatic heterocycles. The molecule has 4 nitrogen and oxygen atoms in total. The van der Waals surface area contributed by atoms with Crippen LogP contribution in [0.15, 0.2) is 11.0 Å². The number of hydrogen-bond donors (Lipinski definition) is 1. The second-order valence-electron chi connectivity index (χ2n) is 2.88. The molecule has 0 aliphatic carbocycles.